The van der Waals surface area contributed by atoms with Crippen LogP contribution in [0.5, 0.6) is 0 Å². The van der Waals surface area contributed by atoms with Gasteiger partial charge in [0.2, 0.25) is 0 Å². The molecule has 0 bridgehead atoms. The average Bonchev–Trinajstić information content (AvgIpc) is 3.13. The van der Waals surface area contributed by atoms with E-state index >= 15 is 0 Å². The summed E-state index contributed by atoms with van der Waals surface area (Å²) in [6.07, 6.45) is 0. The predicted octanol–water partition coefficient (Wildman–Crippen LogP) is 5.07. The lowest BCUT2D eigenvalue weighted by atomic mass is 10.1. The SMILES string of the molecule is CC(=O)c1ccc(-c2ccc(C(=O)N(C)Cc3ccccc3Cl)o2)cc1. The Hall–Kier alpha value is -2.85. The molecule has 0 unspecified atom stereocenters. The first kappa shape index (κ1) is 18.0. The number of nitrogens with zero attached hydrogens (tertiary/aromatic N) is 1. The van der Waals surface area contributed by atoms with Gasteiger partial charge < -0.3 is 9.32 Å². The number of Topliss-reactive ketones (excluding diaryl/α,β-unsaturated/α-hetero) is 1. The standard InChI is InChI=1S/C21H18ClNO3/c1-14(24)15-7-9-16(10-8-15)19-11-12-20(26-19)21(25)23(2)13-17-5-3-4-6-18(17)22/h3-12H,13H2,1-2H3. The van der Waals surface area contributed by atoms with Crippen LogP contribution >= 0.6 is 11.6 Å². The molecule has 1 aromatic heterocycles. The largest absolute Gasteiger partial charge is 0.451 e. The lowest BCUT2D eigenvalue weighted by molar-refractivity contribution is 0.0754. The van der Waals surface area contributed by atoms with Gasteiger partial charge in [-0.25, -0.2) is 0 Å². The summed E-state index contributed by atoms with van der Waals surface area (Å²) in [5.41, 5.74) is 2.32. The van der Waals surface area contributed by atoms with E-state index in [9.17, 15) is 9.59 Å². The molecule has 3 rings (SSSR count). The zero-order valence-corrected chi connectivity index (χ0v) is 15.3. The number of carbonyl (C=O) groups is 2. The summed E-state index contributed by atoms with van der Waals surface area (Å²) in [4.78, 5) is 25.5. The van der Waals surface area contributed by atoms with Gasteiger partial charge in [0.1, 0.15) is 5.76 Å². The molecule has 132 valence electrons. The first-order valence-corrected chi connectivity index (χ1v) is 8.53. The number of benzene rings is 2. The predicted molar refractivity (Wildman–Crippen MR) is 101 cm³/mol. The van der Waals surface area contributed by atoms with Crippen molar-refractivity contribution in [3.05, 3.63) is 82.6 Å². The van der Waals surface area contributed by atoms with Crippen molar-refractivity contribution >= 4 is 23.3 Å². The highest BCUT2D eigenvalue weighted by Gasteiger charge is 2.17. The van der Waals surface area contributed by atoms with Crippen molar-refractivity contribution in [2.45, 2.75) is 13.5 Å². The summed E-state index contributed by atoms with van der Waals surface area (Å²) < 4.78 is 5.71. The quantitative estimate of drug-likeness (QED) is 0.591. The molecule has 1 amide bonds. The van der Waals surface area contributed by atoms with Crippen molar-refractivity contribution in [2.75, 3.05) is 7.05 Å². The normalized spacial score (nSPS) is 10.6. The van der Waals surface area contributed by atoms with E-state index in [0.717, 1.165) is 11.1 Å². The molecule has 0 aliphatic rings. The van der Waals surface area contributed by atoms with E-state index in [1.165, 1.54) is 6.92 Å². The van der Waals surface area contributed by atoms with Crippen LogP contribution in [-0.4, -0.2) is 23.6 Å². The molecule has 26 heavy (non-hydrogen) atoms. The third-order valence-electron chi connectivity index (χ3n) is 4.10. The number of carbonyl (C=O) groups excluding carboxylic acids is 2. The van der Waals surface area contributed by atoms with Crippen molar-refractivity contribution in [3.63, 3.8) is 0 Å². The van der Waals surface area contributed by atoms with Gasteiger partial charge in [0, 0.05) is 29.7 Å². The fourth-order valence-electron chi connectivity index (χ4n) is 2.62. The second-order valence-electron chi connectivity index (χ2n) is 6.05. The fraction of sp³-hybridized carbons (Fsp3) is 0.143. The number of furan rings is 1. The number of ketones is 1. The van der Waals surface area contributed by atoms with Crippen LogP contribution < -0.4 is 0 Å². The molecule has 4 nitrogen and oxygen atoms in total. The lowest BCUT2D eigenvalue weighted by Gasteiger charge is -2.16. The molecule has 0 N–H and O–H groups in total. The van der Waals surface area contributed by atoms with E-state index in [1.54, 1.807) is 54.4 Å². The van der Waals surface area contributed by atoms with E-state index in [-0.39, 0.29) is 17.5 Å². The maximum Gasteiger partial charge on any atom is 0.289 e. The van der Waals surface area contributed by atoms with E-state index in [4.69, 9.17) is 16.0 Å². The Kier molecular flexibility index (Phi) is 5.24. The van der Waals surface area contributed by atoms with Crippen molar-refractivity contribution < 1.29 is 14.0 Å². The summed E-state index contributed by atoms with van der Waals surface area (Å²) >= 11 is 6.15. The minimum absolute atomic E-state index is 0.00746. The van der Waals surface area contributed by atoms with Gasteiger partial charge in [-0.1, -0.05) is 54.1 Å². The summed E-state index contributed by atoms with van der Waals surface area (Å²) in [5.74, 6) is 0.615. The molecular formula is C21H18ClNO3. The lowest BCUT2D eigenvalue weighted by Crippen LogP contribution is -2.25. The molecule has 1 heterocycles. The summed E-state index contributed by atoms with van der Waals surface area (Å²) in [7, 11) is 1.70. The second-order valence-corrected chi connectivity index (χ2v) is 6.46. The fourth-order valence-corrected chi connectivity index (χ4v) is 2.81. The minimum atomic E-state index is -0.225. The molecule has 0 radical (unpaired) electrons. The molecule has 0 fully saturated rings. The van der Waals surface area contributed by atoms with Gasteiger partial charge in [0.25, 0.3) is 5.91 Å². The van der Waals surface area contributed by atoms with Crippen LogP contribution in [-0.2, 0) is 6.54 Å². The Morgan fingerprint density at radius 1 is 1.00 bits per heavy atom. The number of rotatable bonds is 5. The summed E-state index contributed by atoms with van der Waals surface area (Å²) in [6.45, 7) is 1.91. The highest BCUT2D eigenvalue weighted by Crippen LogP contribution is 2.24. The number of hydrogen-bond acceptors (Lipinski definition) is 3. The first-order valence-electron chi connectivity index (χ1n) is 8.16. The maximum absolute atomic E-state index is 12.6. The smallest absolute Gasteiger partial charge is 0.289 e. The van der Waals surface area contributed by atoms with Crippen molar-refractivity contribution in [2.24, 2.45) is 0 Å². The van der Waals surface area contributed by atoms with Gasteiger partial charge >= 0.3 is 0 Å². The Morgan fingerprint density at radius 3 is 2.35 bits per heavy atom. The highest BCUT2D eigenvalue weighted by molar-refractivity contribution is 6.31. The summed E-state index contributed by atoms with van der Waals surface area (Å²) in [6, 6.07) is 17.9. The van der Waals surface area contributed by atoms with Gasteiger partial charge in [-0.3, -0.25) is 9.59 Å². The molecule has 0 aliphatic heterocycles. The van der Waals surface area contributed by atoms with Gasteiger partial charge in [0.15, 0.2) is 11.5 Å². The minimum Gasteiger partial charge on any atom is -0.451 e. The molecule has 5 heteroatoms. The van der Waals surface area contributed by atoms with Crippen molar-refractivity contribution in [3.8, 4) is 11.3 Å². The highest BCUT2D eigenvalue weighted by atomic mass is 35.5. The van der Waals surface area contributed by atoms with Gasteiger partial charge in [-0.2, -0.15) is 0 Å². The van der Waals surface area contributed by atoms with Crippen molar-refractivity contribution in [1.82, 2.24) is 4.90 Å². The zero-order valence-electron chi connectivity index (χ0n) is 14.5. The van der Waals surface area contributed by atoms with Crippen molar-refractivity contribution in [1.29, 1.82) is 0 Å². The topological polar surface area (TPSA) is 50.5 Å². The number of amides is 1. The van der Waals surface area contributed by atoms with Crippen LogP contribution in [0.15, 0.2) is 65.1 Å². The van der Waals surface area contributed by atoms with E-state index < -0.39 is 0 Å². The van der Waals surface area contributed by atoms with Gasteiger partial charge in [-0.05, 0) is 30.7 Å². The second kappa shape index (κ2) is 7.58. The molecule has 0 saturated heterocycles. The Balaban J connectivity index is 1.75. The van der Waals surface area contributed by atoms with E-state index in [2.05, 4.69) is 0 Å². The molecule has 0 spiro atoms. The monoisotopic (exact) mass is 367 g/mol. The van der Waals surface area contributed by atoms with E-state index in [0.29, 0.717) is 22.9 Å². The maximum atomic E-state index is 12.6. The van der Waals surface area contributed by atoms with E-state index in [1.807, 2.05) is 18.2 Å². The Labute approximate surface area is 157 Å². The number of hydrogen-bond donors (Lipinski definition) is 0. The third-order valence-corrected chi connectivity index (χ3v) is 4.47. The molecule has 3 aromatic rings. The van der Waals surface area contributed by atoms with Crippen LogP contribution in [0.2, 0.25) is 5.02 Å². The van der Waals surface area contributed by atoms with Gasteiger partial charge in [0.05, 0.1) is 0 Å². The summed E-state index contributed by atoms with van der Waals surface area (Å²) in [5, 5.41) is 0.623. The number of halogens is 1. The third kappa shape index (κ3) is 3.86. The van der Waals surface area contributed by atoms with Crippen LogP contribution in [0.3, 0.4) is 0 Å². The zero-order chi connectivity index (χ0) is 18.7. The van der Waals surface area contributed by atoms with Gasteiger partial charge in [-0.15, -0.1) is 0 Å². The molecule has 0 saturated carbocycles. The average molecular weight is 368 g/mol. The molecule has 0 aliphatic carbocycles. The van der Waals surface area contributed by atoms with Crippen LogP contribution in [0.1, 0.15) is 33.4 Å². The Morgan fingerprint density at radius 2 is 1.69 bits per heavy atom. The first-order chi connectivity index (χ1) is 12.5. The van der Waals surface area contributed by atoms with Crippen LogP contribution in [0, 0.1) is 0 Å². The van der Waals surface area contributed by atoms with Crippen LogP contribution in [0.25, 0.3) is 11.3 Å². The van der Waals surface area contributed by atoms with Crippen LogP contribution in [0.4, 0.5) is 0 Å². The molecule has 0 atom stereocenters. The molecule has 2 aromatic carbocycles. The molecular weight excluding hydrogens is 350 g/mol. The Bertz CT molecular complexity index is 944.